The van der Waals surface area contributed by atoms with E-state index in [9.17, 15) is 13.5 Å². The van der Waals surface area contributed by atoms with Gasteiger partial charge in [0.1, 0.15) is 4.21 Å². The molecular weight excluding hydrogens is 326 g/mol. The maximum atomic E-state index is 12.9. The fourth-order valence-electron chi connectivity index (χ4n) is 2.70. The van der Waals surface area contributed by atoms with Crippen LogP contribution in [0.4, 0.5) is 0 Å². The van der Waals surface area contributed by atoms with Gasteiger partial charge in [0, 0.05) is 22.3 Å². The van der Waals surface area contributed by atoms with E-state index in [0.29, 0.717) is 10.8 Å². The maximum Gasteiger partial charge on any atom is 0.253 e. The molecule has 0 saturated heterocycles. The first-order valence-corrected chi connectivity index (χ1v) is 9.87. The average molecular weight is 343 g/mol. The van der Waals surface area contributed by atoms with Gasteiger partial charge in [0.05, 0.1) is 6.61 Å². The summed E-state index contributed by atoms with van der Waals surface area (Å²) in [6.07, 6.45) is 0.772. The van der Waals surface area contributed by atoms with Gasteiger partial charge in [0.15, 0.2) is 0 Å². The van der Waals surface area contributed by atoms with E-state index in [1.165, 1.54) is 16.2 Å². The molecule has 0 amide bonds. The van der Waals surface area contributed by atoms with E-state index >= 15 is 0 Å². The Morgan fingerprint density at radius 3 is 2.90 bits per heavy atom. The fraction of sp³-hybridized carbons (Fsp3) is 0.429. The second-order valence-electron chi connectivity index (χ2n) is 5.17. The van der Waals surface area contributed by atoms with Crippen molar-refractivity contribution in [3.63, 3.8) is 0 Å². The van der Waals surface area contributed by atoms with Crippen molar-refractivity contribution in [2.24, 2.45) is 0 Å². The Morgan fingerprint density at radius 2 is 2.24 bits per heavy atom. The summed E-state index contributed by atoms with van der Waals surface area (Å²) in [6.45, 7) is 4.17. The number of rotatable bonds is 3. The number of hydrogen-bond acceptors (Lipinski definition) is 5. The molecule has 0 saturated carbocycles. The first kappa shape index (κ1) is 15.2. The molecule has 2 aromatic rings. The second-order valence-corrected chi connectivity index (χ2v) is 9.43. The van der Waals surface area contributed by atoms with Gasteiger partial charge in [0.25, 0.3) is 10.0 Å². The molecule has 0 spiro atoms. The summed E-state index contributed by atoms with van der Waals surface area (Å²) >= 11 is 2.86. The monoisotopic (exact) mass is 343 g/mol. The summed E-state index contributed by atoms with van der Waals surface area (Å²) in [5.74, 6) is 0. The molecule has 4 nitrogen and oxygen atoms in total. The molecule has 7 heteroatoms. The van der Waals surface area contributed by atoms with Crippen molar-refractivity contribution in [2.45, 2.75) is 37.1 Å². The minimum atomic E-state index is -3.50. The average Bonchev–Trinajstić information content (AvgIpc) is 3.05. The lowest BCUT2D eigenvalue weighted by Gasteiger charge is -2.32. The van der Waals surface area contributed by atoms with Crippen LogP contribution in [0.2, 0.25) is 0 Å². The van der Waals surface area contributed by atoms with Crippen LogP contribution in [0, 0.1) is 6.92 Å². The van der Waals surface area contributed by atoms with Crippen LogP contribution < -0.4 is 0 Å². The van der Waals surface area contributed by atoms with Gasteiger partial charge in [-0.3, -0.25) is 0 Å². The third-order valence-electron chi connectivity index (χ3n) is 3.93. The van der Waals surface area contributed by atoms with Crippen molar-refractivity contribution in [1.29, 1.82) is 0 Å². The topological polar surface area (TPSA) is 57.6 Å². The number of aliphatic hydroxyl groups is 1. The highest BCUT2D eigenvalue weighted by atomic mass is 32.2. The number of aryl methyl sites for hydroxylation is 1. The summed E-state index contributed by atoms with van der Waals surface area (Å²) in [4.78, 5) is 2.00. The maximum absolute atomic E-state index is 12.9. The molecule has 0 aliphatic carbocycles. The minimum Gasteiger partial charge on any atom is -0.391 e. The molecule has 21 heavy (non-hydrogen) atoms. The summed E-state index contributed by atoms with van der Waals surface area (Å²) in [6, 6.07) is 3.55. The number of aliphatic hydroxyl groups excluding tert-OH is 1. The van der Waals surface area contributed by atoms with Crippen LogP contribution in [0.15, 0.2) is 21.7 Å². The first-order valence-electron chi connectivity index (χ1n) is 6.73. The lowest BCUT2D eigenvalue weighted by Crippen LogP contribution is -2.37. The van der Waals surface area contributed by atoms with Crippen molar-refractivity contribution in [2.75, 3.05) is 6.54 Å². The molecule has 2 aromatic heterocycles. The van der Waals surface area contributed by atoms with Gasteiger partial charge in [-0.25, -0.2) is 8.42 Å². The Hall–Kier alpha value is -0.730. The highest BCUT2D eigenvalue weighted by Crippen LogP contribution is 2.38. The van der Waals surface area contributed by atoms with Crippen molar-refractivity contribution >= 4 is 32.7 Å². The second kappa shape index (κ2) is 5.48. The standard InChI is InChI=1S/C14H17NO3S3/c1-9-7-14(20-13(9)8-16)21(17,18)15-5-3-12-11(10(15)2)4-6-19-12/h4,6-7,10,16H,3,5,8H2,1-2H3. The molecule has 0 radical (unpaired) electrons. The third-order valence-corrected chi connectivity index (χ3v) is 8.56. The molecule has 1 unspecified atom stereocenters. The van der Waals surface area contributed by atoms with Crippen molar-refractivity contribution < 1.29 is 13.5 Å². The van der Waals surface area contributed by atoms with Crippen molar-refractivity contribution in [3.8, 4) is 0 Å². The zero-order chi connectivity index (χ0) is 15.2. The summed E-state index contributed by atoms with van der Waals surface area (Å²) in [5, 5.41) is 11.3. The largest absolute Gasteiger partial charge is 0.391 e. The Kier molecular flexibility index (Phi) is 3.96. The van der Waals surface area contributed by atoms with Gasteiger partial charge in [0.2, 0.25) is 0 Å². The van der Waals surface area contributed by atoms with E-state index in [1.54, 1.807) is 21.7 Å². The third kappa shape index (κ3) is 2.47. The van der Waals surface area contributed by atoms with E-state index in [4.69, 9.17) is 0 Å². The van der Waals surface area contributed by atoms with Crippen LogP contribution in [-0.4, -0.2) is 24.4 Å². The molecule has 1 aliphatic heterocycles. The Bertz CT molecular complexity index is 760. The quantitative estimate of drug-likeness (QED) is 0.932. The van der Waals surface area contributed by atoms with Gasteiger partial charge in [-0.2, -0.15) is 4.31 Å². The van der Waals surface area contributed by atoms with E-state index < -0.39 is 10.0 Å². The van der Waals surface area contributed by atoms with Crippen LogP contribution >= 0.6 is 22.7 Å². The smallest absolute Gasteiger partial charge is 0.253 e. The van der Waals surface area contributed by atoms with Gasteiger partial charge in [-0.1, -0.05) is 0 Å². The summed E-state index contributed by atoms with van der Waals surface area (Å²) < 4.78 is 27.6. The van der Waals surface area contributed by atoms with Crippen molar-refractivity contribution in [1.82, 2.24) is 4.31 Å². The molecule has 1 aliphatic rings. The molecular formula is C14H17NO3S3. The minimum absolute atomic E-state index is 0.115. The number of sulfonamides is 1. The van der Waals surface area contributed by atoms with Crippen LogP contribution in [0.1, 0.15) is 33.8 Å². The van der Waals surface area contributed by atoms with Gasteiger partial charge < -0.3 is 5.11 Å². The SMILES string of the molecule is Cc1cc(S(=O)(=O)N2CCc3sccc3C2C)sc1CO. The predicted octanol–water partition coefficient (Wildman–Crippen LogP) is 2.92. The molecule has 0 aromatic carbocycles. The predicted molar refractivity (Wildman–Crippen MR) is 85.3 cm³/mol. The van der Waals surface area contributed by atoms with Gasteiger partial charge in [-0.15, -0.1) is 22.7 Å². The number of hydrogen-bond donors (Lipinski definition) is 1. The highest BCUT2D eigenvalue weighted by molar-refractivity contribution is 7.91. The van der Waals surface area contributed by atoms with Crippen LogP contribution in [0.25, 0.3) is 0 Å². The van der Waals surface area contributed by atoms with Gasteiger partial charge in [-0.05, 0) is 48.9 Å². The molecule has 0 bridgehead atoms. The zero-order valence-electron chi connectivity index (χ0n) is 11.9. The van der Waals surface area contributed by atoms with Gasteiger partial charge >= 0.3 is 0 Å². The Morgan fingerprint density at radius 1 is 1.48 bits per heavy atom. The molecule has 3 heterocycles. The van der Waals surface area contributed by atoms with Crippen LogP contribution in [-0.2, 0) is 23.1 Å². The van der Waals surface area contributed by atoms with E-state index in [2.05, 4.69) is 0 Å². The lowest BCUT2D eigenvalue weighted by atomic mass is 10.0. The number of nitrogens with zero attached hydrogens (tertiary/aromatic N) is 1. The highest BCUT2D eigenvalue weighted by Gasteiger charge is 2.35. The fourth-order valence-corrected chi connectivity index (χ4v) is 6.86. The Balaban J connectivity index is 1.99. The molecule has 114 valence electrons. The van der Waals surface area contributed by atoms with E-state index in [-0.39, 0.29) is 12.6 Å². The number of thiophene rings is 2. The van der Waals surface area contributed by atoms with Crippen molar-refractivity contribution in [3.05, 3.63) is 38.4 Å². The Labute approximate surface area is 132 Å². The van der Waals surface area contributed by atoms with Crippen LogP contribution in [0.3, 0.4) is 0 Å². The summed E-state index contributed by atoms with van der Waals surface area (Å²) in [5.41, 5.74) is 1.95. The lowest BCUT2D eigenvalue weighted by molar-refractivity contribution is 0.285. The zero-order valence-corrected chi connectivity index (χ0v) is 14.3. The summed E-state index contributed by atoms with van der Waals surface area (Å²) in [7, 11) is -3.50. The molecule has 0 fully saturated rings. The molecule has 1 atom stereocenters. The molecule has 3 rings (SSSR count). The van der Waals surface area contributed by atoms with Crippen LogP contribution in [0.5, 0.6) is 0 Å². The first-order chi connectivity index (χ1) is 9.95. The van der Waals surface area contributed by atoms with E-state index in [0.717, 1.165) is 22.4 Å². The normalized spacial score (nSPS) is 19.7. The molecule has 1 N–H and O–H groups in total. The van der Waals surface area contributed by atoms with E-state index in [1.807, 2.05) is 25.3 Å². The number of fused-ring (bicyclic) bond motifs is 1.